The summed E-state index contributed by atoms with van der Waals surface area (Å²) in [6.45, 7) is 0. The second-order valence-corrected chi connectivity index (χ2v) is 3.57. The molecule has 2 rings (SSSR count). The SMILES string of the molecule is Nc1n[nH]c(C(=O)Nc2cccc(C(F)(F)F)c2)n1. The van der Waals surface area contributed by atoms with Crippen molar-refractivity contribution in [3.05, 3.63) is 35.7 Å². The molecule has 0 saturated heterocycles. The van der Waals surface area contributed by atoms with Gasteiger partial charge in [-0.1, -0.05) is 6.07 Å². The quantitative estimate of drug-likeness (QED) is 0.773. The highest BCUT2D eigenvalue weighted by Crippen LogP contribution is 2.30. The van der Waals surface area contributed by atoms with E-state index in [1.165, 1.54) is 12.1 Å². The molecule has 2 aromatic rings. The number of nitrogens with zero attached hydrogens (tertiary/aromatic N) is 2. The summed E-state index contributed by atoms with van der Waals surface area (Å²) in [6, 6.07) is 4.24. The fourth-order valence-corrected chi connectivity index (χ4v) is 1.34. The number of halogens is 3. The Labute approximate surface area is 104 Å². The standard InChI is InChI=1S/C10H8F3N5O/c11-10(12,13)5-2-1-3-6(4-5)15-8(19)7-16-9(14)18-17-7/h1-4H,(H,15,19)(H3,14,16,17,18). The molecular formula is C10H8F3N5O. The molecule has 0 saturated carbocycles. The number of alkyl halides is 3. The number of aromatic amines is 1. The molecule has 0 fully saturated rings. The number of amides is 1. The van der Waals surface area contributed by atoms with Crippen LogP contribution in [-0.2, 0) is 6.18 Å². The van der Waals surface area contributed by atoms with E-state index in [0.29, 0.717) is 0 Å². The van der Waals surface area contributed by atoms with Crippen molar-refractivity contribution in [2.24, 2.45) is 0 Å². The molecule has 0 atom stereocenters. The third-order valence-electron chi connectivity index (χ3n) is 2.17. The van der Waals surface area contributed by atoms with E-state index in [2.05, 4.69) is 20.5 Å². The van der Waals surface area contributed by atoms with Crippen molar-refractivity contribution < 1.29 is 18.0 Å². The minimum absolute atomic E-state index is 0.00482. The van der Waals surface area contributed by atoms with Crippen LogP contribution in [0.2, 0.25) is 0 Å². The van der Waals surface area contributed by atoms with Crippen LogP contribution in [0.5, 0.6) is 0 Å². The third kappa shape index (κ3) is 3.00. The molecule has 1 heterocycles. The normalized spacial score (nSPS) is 11.3. The number of nitrogen functional groups attached to an aromatic ring is 1. The van der Waals surface area contributed by atoms with Gasteiger partial charge in [-0.3, -0.25) is 9.89 Å². The summed E-state index contributed by atoms with van der Waals surface area (Å²) >= 11 is 0. The monoisotopic (exact) mass is 271 g/mol. The maximum atomic E-state index is 12.5. The topological polar surface area (TPSA) is 96.7 Å². The van der Waals surface area contributed by atoms with Crippen LogP contribution >= 0.6 is 0 Å². The second kappa shape index (κ2) is 4.59. The van der Waals surface area contributed by atoms with Gasteiger partial charge in [0.25, 0.3) is 5.91 Å². The van der Waals surface area contributed by atoms with E-state index >= 15 is 0 Å². The van der Waals surface area contributed by atoms with Crippen molar-refractivity contribution >= 4 is 17.5 Å². The van der Waals surface area contributed by atoms with Gasteiger partial charge in [-0.05, 0) is 18.2 Å². The first kappa shape index (κ1) is 12.9. The smallest absolute Gasteiger partial charge is 0.366 e. The molecule has 0 spiro atoms. The molecule has 19 heavy (non-hydrogen) atoms. The summed E-state index contributed by atoms with van der Waals surface area (Å²) in [7, 11) is 0. The Morgan fingerprint density at radius 2 is 2.11 bits per heavy atom. The zero-order valence-corrected chi connectivity index (χ0v) is 9.32. The van der Waals surface area contributed by atoms with Gasteiger partial charge in [0.15, 0.2) is 0 Å². The van der Waals surface area contributed by atoms with Crippen molar-refractivity contribution in [2.45, 2.75) is 6.18 Å². The molecule has 0 radical (unpaired) electrons. The third-order valence-corrected chi connectivity index (χ3v) is 2.17. The number of aromatic nitrogens is 3. The molecule has 0 unspecified atom stereocenters. The minimum atomic E-state index is -4.47. The molecule has 1 aromatic carbocycles. The molecular weight excluding hydrogens is 263 g/mol. The van der Waals surface area contributed by atoms with Crippen LogP contribution in [0.3, 0.4) is 0 Å². The lowest BCUT2D eigenvalue weighted by Crippen LogP contribution is -2.14. The first-order chi connectivity index (χ1) is 8.86. The van der Waals surface area contributed by atoms with Gasteiger partial charge >= 0.3 is 6.18 Å². The molecule has 4 N–H and O–H groups in total. The predicted molar refractivity (Wildman–Crippen MR) is 60.2 cm³/mol. The van der Waals surface area contributed by atoms with Gasteiger partial charge in [0.1, 0.15) is 0 Å². The lowest BCUT2D eigenvalue weighted by molar-refractivity contribution is -0.137. The van der Waals surface area contributed by atoms with Crippen molar-refractivity contribution in [3.8, 4) is 0 Å². The van der Waals surface area contributed by atoms with Crippen LogP contribution in [-0.4, -0.2) is 21.1 Å². The Balaban J connectivity index is 2.18. The minimum Gasteiger partial charge on any atom is -0.366 e. The number of nitrogens with two attached hydrogens (primary N) is 1. The zero-order chi connectivity index (χ0) is 14.0. The average Bonchev–Trinajstić information content (AvgIpc) is 2.75. The summed E-state index contributed by atoms with van der Waals surface area (Å²) < 4.78 is 37.4. The first-order valence-corrected chi connectivity index (χ1v) is 5.03. The second-order valence-electron chi connectivity index (χ2n) is 3.57. The fourth-order valence-electron chi connectivity index (χ4n) is 1.34. The number of hydrogen-bond acceptors (Lipinski definition) is 4. The molecule has 0 aliphatic rings. The van der Waals surface area contributed by atoms with E-state index in [1.807, 2.05) is 0 Å². The maximum Gasteiger partial charge on any atom is 0.416 e. The first-order valence-electron chi connectivity index (χ1n) is 5.03. The molecule has 100 valence electrons. The molecule has 0 bridgehead atoms. The van der Waals surface area contributed by atoms with Gasteiger partial charge in [-0.25, -0.2) is 0 Å². The molecule has 1 amide bonds. The van der Waals surface area contributed by atoms with E-state index in [-0.39, 0.29) is 17.5 Å². The number of rotatable bonds is 2. The number of benzene rings is 1. The van der Waals surface area contributed by atoms with Gasteiger partial charge < -0.3 is 11.1 Å². The van der Waals surface area contributed by atoms with Gasteiger partial charge in [0.05, 0.1) is 5.56 Å². The Bertz CT molecular complexity index is 607. The van der Waals surface area contributed by atoms with Gasteiger partial charge in [-0.15, -0.1) is 5.10 Å². The molecule has 0 aliphatic carbocycles. The molecule has 9 heteroatoms. The Morgan fingerprint density at radius 1 is 1.37 bits per heavy atom. The van der Waals surface area contributed by atoms with E-state index < -0.39 is 17.6 Å². The zero-order valence-electron chi connectivity index (χ0n) is 9.32. The number of carbonyl (C=O) groups is 1. The Kier molecular flexibility index (Phi) is 3.11. The summed E-state index contributed by atoms with van der Waals surface area (Å²) in [5.41, 5.74) is 4.35. The summed E-state index contributed by atoms with van der Waals surface area (Å²) in [6.07, 6.45) is -4.47. The van der Waals surface area contributed by atoms with Gasteiger partial charge in [0, 0.05) is 5.69 Å². The Morgan fingerprint density at radius 3 is 2.68 bits per heavy atom. The fraction of sp³-hybridized carbons (Fsp3) is 0.100. The number of H-pyrrole nitrogens is 1. The summed E-state index contributed by atoms with van der Waals surface area (Å²) in [4.78, 5) is 15.2. The van der Waals surface area contributed by atoms with E-state index in [4.69, 9.17) is 5.73 Å². The summed E-state index contributed by atoms with van der Waals surface area (Å²) in [5.74, 6) is -1.05. The number of carbonyl (C=O) groups excluding carboxylic acids is 1. The highest BCUT2D eigenvalue weighted by atomic mass is 19.4. The van der Waals surface area contributed by atoms with E-state index in [1.54, 1.807) is 0 Å². The largest absolute Gasteiger partial charge is 0.416 e. The number of anilines is 2. The van der Waals surface area contributed by atoms with Crippen LogP contribution in [0.25, 0.3) is 0 Å². The summed E-state index contributed by atoms with van der Waals surface area (Å²) in [5, 5.41) is 7.94. The highest BCUT2D eigenvalue weighted by molar-refractivity contribution is 6.01. The molecule has 0 aliphatic heterocycles. The number of nitrogens with one attached hydrogen (secondary N) is 2. The van der Waals surface area contributed by atoms with Crippen molar-refractivity contribution in [2.75, 3.05) is 11.1 Å². The lowest BCUT2D eigenvalue weighted by atomic mass is 10.2. The highest BCUT2D eigenvalue weighted by Gasteiger charge is 2.30. The van der Waals surface area contributed by atoms with Crippen LogP contribution in [0, 0.1) is 0 Å². The average molecular weight is 271 g/mol. The van der Waals surface area contributed by atoms with Crippen molar-refractivity contribution in [3.63, 3.8) is 0 Å². The van der Waals surface area contributed by atoms with Crippen LogP contribution < -0.4 is 11.1 Å². The predicted octanol–water partition coefficient (Wildman–Crippen LogP) is 1.66. The molecule has 6 nitrogen and oxygen atoms in total. The van der Waals surface area contributed by atoms with Crippen molar-refractivity contribution in [1.29, 1.82) is 0 Å². The van der Waals surface area contributed by atoms with E-state index in [0.717, 1.165) is 12.1 Å². The van der Waals surface area contributed by atoms with Gasteiger partial charge in [-0.2, -0.15) is 18.2 Å². The lowest BCUT2D eigenvalue weighted by Gasteiger charge is -2.08. The van der Waals surface area contributed by atoms with Crippen LogP contribution in [0.4, 0.5) is 24.8 Å². The number of hydrogen-bond donors (Lipinski definition) is 3. The molecule has 1 aromatic heterocycles. The Hall–Kier alpha value is -2.58. The maximum absolute atomic E-state index is 12.5. The van der Waals surface area contributed by atoms with Crippen LogP contribution in [0.15, 0.2) is 24.3 Å². The van der Waals surface area contributed by atoms with Gasteiger partial charge in [0.2, 0.25) is 11.8 Å². The van der Waals surface area contributed by atoms with E-state index in [9.17, 15) is 18.0 Å². The van der Waals surface area contributed by atoms with Crippen molar-refractivity contribution in [1.82, 2.24) is 15.2 Å². The van der Waals surface area contributed by atoms with Crippen LogP contribution in [0.1, 0.15) is 16.2 Å².